The van der Waals surface area contributed by atoms with Gasteiger partial charge >= 0.3 is 5.97 Å². The summed E-state index contributed by atoms with van der Waals surface area (Å²) in [4.78, 5) is 24.5. The lowest BCUT2D eigenvalue weighted by molar-refractivity contribution is -0.119. The summed E-state index contributed by atoms with van der Waals surface area (Å²) in [7, 11) is 0. The summed E-state index contributed by atoms with van der Waals surface area (Å²) in [6.45, 7) is 1.91. The molecule has 0 aliphatic heterocycles. The Labute approximate surface area is 184 Å². The molecule has 4 aromatic rings. The molecule has 0 spiro atoms. The standard InChI is InChI=1S/C24H21N3O5/c1-17-7-9-18(10-8-17)31-21-6-3-2-5-20(21)26-23(28)16-30-24(29)22-12-11-19(32-22)15-27-14-4-13-25-27/h2-14H,15-16H2,1H3,(H,26,28). The van der Waals surface area contributed by atoms with E-state index < -0.39 is 18.5 Å². The van der Waals surface area contributed by atoms with E-state index in [1.165, 1.54) is 6.07 Å². The molecule has 1 N–H and O–H groups in total. The van der Waals surface area contributed by atoms with E-state index in [0.29, 0.717) is 29.5 Å². The van der Waals surface area contributed by atoms with E-state index in [2.05, 4.69) is 10.4 Å². The van der Waals surface area contributed by atoms with Crippen molar-refractivity contribution >= 4 is 17.6 Å². The molecule has 0 saturated heterocycles. The molecule has 1 amide bonds. The molecule has 32 heavy (non-hydrogen) atoms. The maximum Gasteiger partial charge on any atom is 0.374 e. The number of nitrogens with one attached hydrogen (secondary N) is 1. The number of amides is 1. The van der Waals surface area contributed by atoms with Gasteiger partial charge in [-0.15, -0.1) is 0 Å². The van der Waals surface area contributed by atoms with E-state index in [9.17, 15) is 9.59 Å². The highest BCUT2D eigenvalue weighted by Crippen LogP contribution is 2.29. The monoisotopic (exact) mass is 431 g/mol. The van der Waals surface area contributed by atoms with Crippen LogP contribution in [0.15, 0.2) is 83.5 Å². The Bertz CT molecular complexity index is 1200. The van der Waals surface area contributed by atoms with E-state index in [4.69, 9.17) is 13.9 Å². The number of aromatic nitrogens is 2. The molecule has 0 bridgehead atoms. The molecule has 0 radical (unpaired) electrons. The van der Waals surface area contributed by atoms with Crippen LogP contribution in [0.25, 0.3) is 0 Å². The van der Waals surface area contributed by atoms with Crippen molar-refractivity contribution in [2.75, 3.05) is 11.9 Å². The molecule has 2 aromatic heterocycles. The Balaban J connectivity index is 1.32. The summed E-state index contributed by atoms with van der Waals surface area (Å²) >= 11 is 0. The minimum absolute atomic E-state index is 0.0167. The van der Waals surface area contributed by atoms with Gasteiger partial charge in [-0.1, -0.05) is 29.8 Å². The second-order valence-corrected chi connectivity index (χ2v) is 7.01. The zero-order chi connectivity index (χ0) is 22.3. The SMILES string of the molecule is Cc1ccc(Oc2ccccc2NC(=O)COC(=O)c2ccc(Cn3cccn3)o2)cc1. The summed E-state index contributed by atoms with van der Waals surface area (Å²) in [5.74, 6) is 0.464. The predicted molar refractivity (Wildman–Crippen MR) is 117 cm³/mol. The topological polar surface area (TPSA) is 95.6 Å². The van der Waals surface area contributed by atoms with Crippen LogP contribution < -0.4 is 10.1 Å². The molecule has 2 heterocycles. The molecular formula is C24H21N3O5. The van der Waals surface area contributed by atoms with Crippen molar-refractivity contribution in [3.05, 3.63) is 96.2 Å². The second kappa shape index (κ2) is 9.65. The quantitative estimate of drug-likeness (QED) is 0.415. The first-order valence-electron chi connectivity index (χ1n) is 9.93. The highest BCUT2D eigenvalue weighted by atomic mass is 16.5. The maximum absolute atomic E-state index is 12.3. The number of benzene rings is 2. The van der Waals surface area contributed by atoms with Crippen LogP contribution in [0.1, 0.15) is 21.9 Å². The highest BCUT2D eigenvalue weighted by molar-refractivity contribution is 5.95. The molecule has 0 aliphatic carbocycles. The lowest BCUT2D eigenvalue weighted by Gasteiger charge is -2.12. The number of furan rings is 1. The summed E-state index contributed by atoms with van der Waals surface area (Å²) in [5.41, 5.74) is 1.58. The van der Waals surface area contributed by atoms with E-state index in [0.717, 1.165) is 5.56 Å². The van der Waals surface area contributed by atoms with Crippen LogP contribution in [0.2, 0.25) is 0 Å². The first-order chi connectivity index (χ1) is 15.6. The van der Waals surface area contributed by atoms with Gasteiger partial charge in [-0.3, -0.25) is 9.48 Å². The predicted octanol–water partition coefficient (Wildman–Crippen LogP) is 4.42. The van der Waals surface area contributed by atoms with Crippen molar-refractivity contribution in [1.82, 2.24) is 9.78 Å². The van der Waals surface area contributed by atoms with Crippen LogP contribution in [0.5, 0.6) is 11.5 Å². The fraction of sp³-hybridized carbons (Fsp3) is 0.125. The number of carbonyl (C=O) groups is 2. The van der Waals surface area contributed by atoms with Gasteiger partial charge in [0.05, 0.1) is 12.2 Å². The number of esters is 1. The number of hydrogen-bond donors (Lipinski definition) is 1. The number of anilines is 1. The van der Waals surface area contributed by atoms with Gasteiger partial charge in [-0.2, -0.15) is 5.10 Å². The van der Waals surface area contributed by atoms with E-state index in [1.54, 1.807) is 53.5 Å². The van der Waals surface area contributed by atoms with Crippen molar-refractivity contribution in [2.24, 2.45) is 0 Å². The minimum Gasteiger partial charge on any atom is -0.455 e. The largest absolute Gasteiger partial charge is 0.455 e. The Morgan fingerprint density at radius 2 is 1.84 bits per heavy atom. The third-order valence-corrected chi connectivity index (χ3v) is 4.48. The summed E-state index contributed by atoms with van der Waals surface area (Å²) in [6.07, 6.45) is 3.44. The van der Waals surface area contributed by atoms with Gasteiger partial charge in [0.1, 0.15) is 11.5 Å². The van der Waals surface area contributed by atoms with Crippen LogP contribution in [-0.4, -0.2) is 28.3 Å². The number of nitrogens with zero attached hydrogens (tertiary/aromatic N) is 2. The molecule has 8 nitrogen and oxygen atoms in total. The number of ether oxygens (including phenoxy) is 2. The van der Waals surface area contributed by atoms with Gasteiger partial charge in [0.25, 0.3) is 5.91 Å². The second-order valence-electron chi connectivity index (χ2n) is 7.01. The number of aryl methyl sites for hydroxylation is 1. The molecule has 0 saturated carbocycles. The van der Waals surface area contributed by atoms with E-state index >= 15 is 0 Å². The Morgan fingerprint density at radius 1 is 1.03 bits per heavy atom. The first-order valence-corrected chi connectivity index (χ1v) is 9.93. The molecule has 8 heteroatoms. The van der Waals surface area contributed by atoms with Gasteiger partial charge in [0.15, 0.2) is 12.4 Å². The number of carbonyl (C=O) groups excluding carboxylic acids is 2. The normalized spacial score (nSPS) is 10.5. The molecule has 0 aliphatic rings. The lowest BCUT2D eigenvalue weighted by Crippen LogP contribution is -2.21. The number of rotatable bonds is 8. The molecule has 0 unspecified atom stereocenters. The number of para-hydroxylation sites is 2. The Morgan fingerprint density at radius 3 is 2.62 bits per heavy atom. The van der Waals surface area contributed by atoms with E-state index in [1.807, 2.05) is 31.2 Å². The lowest BCUT2D eigenvalue weighted by atomic mass is 10.2. The van der Waals surface area contributed by atoms with Crippen LogP contribution in [0.4, 0.5) is 5.69 Å². The van der Waals surface area contributed by atoms with Gasteiger partial charge in [-0.05, 0) is 49.4 Å². The highest BCUT2D eigenvalue weighted by Gasteiger charge is 2.16. The first kappa shape index (κ1) is 20.9. The molecule has 162 valence electrons. The Kier molecular flexibility index (Phi) is 6.31. The van der Waals surface area contributed by atoms with Crippen LogP contribution in [0.3, 0.4) is 0 Å². The molecule has 2 aromatic carbocycles. The van der Waals surface area contributed by atoms with Gasteiger partial charge in [0, 0.05) is 12.4 Å². The minimum atomic E-state index is -0.726. The van der Waals surface area contributed by atoms with Crippen molar-refractivity contribution < 1.29 is 23.5 Å². The van der Waals surface area contributed by atoms with Gasteiger partial charge < -0.3 is 19.2 Å². The van der Waals surface area contributed by atoms with Crippen molar-refractivity contribution in [2.45, 2.75) is 13.5 Å². The molecule has 0 atom stereocenters. The van der Waals surface area contributed by atoms with Gasteiger partial charge in [-0.25, -0.2) is 4.79 Å². The zero-order valence-corrected chi connectivity index (χ0v) is 17.4. The van der Waals surface area contributed by atoms with Crippen LogP contribution >= 0.6 is 0 Å². The zero-order valence-electron chi connectivity index (χ0n) is 17.4. The van der Waals surface area contributed by atoms with Gasteiger partial charge in [0.2, 0.25) is 5.76 Å². The maximum atomic E-state index is 12.3. The summed E-state index contributed by atoms with van der Waals surface area (Å²) in [6, 6.07) is 19.5. The van der Waals surface area contributed by atoms with Crippen LogP contribution in [-0.2, 0) is 16.1 Å². The molecular weight excluding hydrogens is 410 g/mol. The van der Waals surface area contributed by atoms with Crippen molar-refractivity contribution in [1.29, 1.82) is 0 Å². The smallest absolute Gasteiger partial charge is 0.374 e. The number of hydrogen-bond acceptors (Lipinski definition) is 6. The third kappa shape index (κ3) is 5.42. The third-order valence-electron chi connectivity index (χ3n) is 4.48. The summed E-state index contributed by atoms with van der Waals surface area (Å²) in [5, 5.41) is 6.78. The summed E-state index contributed by atoms with van der Waals surface area (Å²) < 4.78 is 18.1. The molecule has 0 fully saturated rings. The van der Waals surface area contributed by atoms with E-state index in [-0.39, 0.29) is 5.76 Å². The van der Waals surface area contributed by atoms with Crippen molar-refractivity contribution in [3.63, 3.8) is 0 Å². The fourth-order valence-corrected chi connectivity index (χ4v) is 2.91. The molecule has 4 rings (SSSR count). The van der Waals surface area contributed by atoms with Crippen LogP contribution in [0, 0.1) is 6.92 Å². The fourth-order valence-electron chi connectivity index (χ4n) is 2.91. The average molecular weight is 431 g/mol. The average Bonchev–Trinajstić information content (AvgIpc) is 3.48. The Hall–Kier alpha value is -4.33. The van der Waals surface area contributed by atoms with Crippen molar-refractivity contribution in [3.8, 4) is 11.5 Å².